The van der Waals surface area contributed by atoms with Crippen molar-refractivity contribution in [2.45, 2.75) is 53.4 Å². The zero-order valence-corrected chi connectivity index (χ0v) is 15.2. The van der Waals surface area contributed by atoms with Crippen LogP contribution in [0.25, 0.3) is 0 Å². The average molecular weight is 331 g/mol. The predicted octanol–water partition coefficient (Wildman–Crippen LogP) is 6.23. The molecule has 0 fully saturated rings. The molecule has 0 radical (unpaired) electrons. The van der Waals surface area contributed by atoms with Gasteiger partial charge in [-0.25, -0.2) is 0 Å². The third-order valence-corrected chi connectivity index (χ3v) is 5.30. The minimum Gasteiger partial charge on any atom is -0.0885 e. The van der Waals surface area contributed by atoms with Crippen molar-refractivity contribution in [1.82, 2.24) is 0 Å². The Kier molecular flexibility index (Phi) is 6.20. The Morgan fingerprint density at radius 3 is 1.21 bits per heavy atom. The maximum absolute atomic E-state index is 6.22. The molecule has 2 aliphatic carbocycles. The molecule has 0 amide bonds. The van der Waals surface area contributed by atoms with Crippen LogP contribution in [0, 0.1) is 0 Å². The van der Waals surface area contributed by atoms with Gasteiger partial charge < -0.3 is 0 Å². The SMILES string of the molecule is CC1=C(Cl)CC(CCC2=C(C)C(C)=C(Cl)C2)=C1C.[Ti]. The molecule has 0 spiro atoms. The van der Waals surface area contributed by atoms with Crippen LogP contribution in [0.15, 0.2) is 43.5 Å². The largest absolute Gasteiger partial charge is 0.0885 e. The number of rotatable bonds is 3. The molecule has 0 atom stereocenters. The molecule has 2 rings (SSSR count). The van der Waals surface area contributed by atoms with E-state index in [9.17, 15) is 0 Å². The molecule has 0 N–H and O–H groups in total. The summed E-state index contributed by atoms with van der Waals surface area (Å²) < 4.78 is 0. The average Bonchev–Trinajstić information content (AvgIpc) is 2.72. The van der Waals surface area contributed by atoms with Gasteiger partial charge in [-0.15, -0.1) is 0 Å². The predicted molar refractivity (Wildman–Crippen MR) is 81.0 cm³/mol. The molecule has 0 saturated carbocycles. The van der Waals surface area contributed by atoms with Crippen molar-refractivity contribution in [2.24, 2.45) is 0 Å². The second-order valence-corrected chi connectivity index (χ2v) is 6.28. The molecule has 19 heavy (non-hydrogen) atoms. The van der Waals surface area contributed by atoms with Crippen molar-refractivity contribution in [1.29, 1.82) is 0 Å². The van der Waals surface area contributed by atoms with Gasteiger partial charge in [0.1, 0.15) is 0 Å². The summed E-state index contributed by atoms with van der Waals surface area (Å²) in [6.07, 6.45) is 4.13. The Morgan fingerprint density at radius 2 is 1.00 bits per heavy atom. The summed E-state index contributed by atoms with van der Waals surface area (Å²) >= 11 is 12.4. The zero-order chi connectivity index (χ0) is 13.4. The number of hydrogen-bond donors (Lipinski definition) is 0. The standard InChI is InChI=1S/C16H20Cl2.Ti/c1-9-11(3)15(17)7-13(9)5-6-14-8-16(18)12(4)10(14)2;/h5-8H2,1-4H3;. The summed E-state index contributed by atoms with van der Waals surface area (Å²) in [5, 5.41) is 2.04. The molecule has 0 aliphatic heterocycles. The van der Waals surface area contributed by atoms with Crippen LogP contribution in [-0.2, 0) is 21.7 Å². The van der Waals surface area contributed by atoms with Crippen LogP contribution in [-0.4, -0.2) is 0 Å². The van der Waals surface area contributed by atoms with Crippen LogP contribution in [0.5, 0.6) is 0 Å². The molecule has 0 unspecified atom stereocenters. The molecule has 0 heterocycles. The van der Waals surface area contributed by atoms with Gasteiger partial charge in [0.05, 0.1) is 0 Å². The molecular weight excluding hydrogens is 311 g/mol. The second-order valence-electron chi connectivity index (χ2n) is 5.37. The Hall–Kier alpha value is 0.254. The van der Waals surface area contributed by atoms with E-state index >= 15 is 0 Å². The van der Waals surface area contributed by atoms with Crippen molar-refractivity contribution < 1.29 is 21.7 Å². The fourth-order valence-electron chi connectivity index (χ4n) is 2.70. The van der Waals surface area contributed by atoms with Crippen LogP contribution >= 0.6 is 23.2 Å². The summed E-state index contributed by atoms with van der Waals surface area (Å²) in [4.78, 5) is 0. The first-order chi connectivity index (χ1) is 8.41. The fraction of sp³-hybridized carbons (Fsp3) is 0.500. The minimum atomic E-state index is 0. The van der Waals surface area contributed by atoms with E-state index in [2.05, 4.69) is 27.7 Å². The molecule has 0 aromatic heterocycles. The number of allylic oxidation sites excluding steroid dienone is 8. The van der Waals surface area contributed by atoms with Crippen molar-refractivity contribution >= 4 is 23.2 Å². The van der Waals surface area contributed by atoms with Crippen LogP contribution < -0.4 is 0 Å². The van der Waals surface area contributed by atoms with Gasteiger partial charge in [0.25, 0.3) is 0 Å². The summed E-state index contributed by atoms with van der Waals surface area (Å²) in [5.74, 6) is 0. The van der Waals surface area contributed by atoms with Crippen LogP contribution in [0.2, 0.25) is 0 Å². The van der Waals surface area contributed by atoms with E-state index in [1.165, 1.54) is 33.4 Å². The van der Waals surface area contributed by atoms with Crippen molar-refractivity contribution in [3.05, 3.63) is 43.5 Å². The Labute approximate surface area is 141 Å². The van der Waals surface area contributed by atoms with Crippen LogP contribution in [0.4, 0.5) is 0 Å². The molecule has 0 saturated heterocycles. The molecule has 0 bridgehead atoms. The summed E-state index contributed by atoms with van der Waals surface area (Å²) in [7, 11) is 0. The first-order valence-corrected chi connectivity index (χ1v) is 7.26. The Bertz CT molecular complexity index is 471. The van der Waals surface area contributed by atoms with Crippen molar-refractivity contribution in [3.63, 3.8) is 0 Å². The number of hydrogen-bond acceptors (Lipinski definition) is 0. The van der Waals surface area contributed by atoms with E-state index in [-0.39, 0.29) is 21.7 Å². The van der Waals surface area contributed by atoms with E-state index in [0.29, 0.717) is 0 Å². The van der Waals surface area contributed by atoms with Gasteiger partial charge >= 0.3 is 0 Å². The molecular formula is C16H20Cl2Ti. The maximum atomic E-state index is 6.22. The molecule has 2 aliphatic rings. The Morgan fingerprint density at radius 1 is 0.684 bits per heavy atom. The Balaban J connectivity index is 0.00000180. The second kappa shape index (κ2) is 6.81. The first-order valence-electron chi connectivity index (χ1n) is 6.50. The van der Waals surface area contributed by atoms with Crippen molar-refractivity contribution in [3.8, 4) is 0 Å². The summed E-state index contributed by atoms with van der Waals surface area (Å²) in [6.45, 7) is 8.61. The van der Waals surface area contributed by atoms with E-state index in [0.717, 1.165) is 35.7 Å². The smallest absolute Gasteiger partial charge is 0.0253 e. The van der Waals surface area contributed by atoms with Gasteiger partial charge in [-0.2, -0.15) is 0 Å². The quantitative estimate of drug-likeness (QED) is 0.538. The van der Waals surface area contributed by atoms with E-state index < -0.39 is 0 Å². The molecule has 0 aromatic rings. The molecule has 102 valence electrons. The van der Waals surface area contributed by atoms with Gasteiger partial charge in [-0.05, 0) is 62.8 Å². The molecule has 3 heteroatoms. The van der Waals surface area contributed by atoms with E-state index in [4.69, 9.17) is 23.2 Å². The van der Waals surface area contributed by atoms with Gasteiger partial charge in [-0.3, -0.25) is 0 Å². The zero-order valence-electron chi connectivity index (χ0n) is 12.1. The normalized spacial score (nSPS) is 19.9. The number of halogens is 2. The third-order valence-electron chi connectivity index (χ3n) is 4.47. The van der Waals surface area contributed by atoms with E-state index in [1.54, 1.807) is 0 Å². The minimum absolute atomic E-state index is 0. The van der Waals surface area contributed by atoms with Gasteiger partial charge in [-0.1, -0.05) is 34.3 Å². The van der Waals surface area contributed by atoms with Gasteiger partial charge in [0, 0.05) is 44.6 Å². The van der Waals surface area contributed by atoms with E-state index in [1.807, 2.05) is 0 Å². The van der Waals surface area contributed by atoms with Gasteiger partial charge in [0.2, 0.25) is 0 Å². The maximum Gasteiger partial charge on any atom is 0.0253 e. The first kappa shape index (κ1) is 17.3. The van der Waals surface area contributed by atoms with Crippen LogP contribution in [0.1, 0.15) is 53.4 Å². The fourth-order valence-corrected chi connectivity index (χ4v) is 3.30. The molecule has 0 aromatic carbocycles. The summed E-state index contributed by atoms with van der Waals surface area (Å²) in [6, 6.07) is 0. The molecule has 0 nitrogen and oxygen atoms in total. The summed E-state index contributed by atoms with van der Waals surface area (Å²) in [5.41, 5.74) is 8.34. The van der Waals surface area contributed by atoms with Crippen molar-refractivity contribution in [2.75, 3.05) is 0 Å². The van der Waals surface area contributed by atoms with Gasteiger partial charge in [0.15, 0.2) is 0 Å². The monoisotopic (exact) mass is 330 g/mol. The third kappa shape index (κ3) is 3.47. The van der Waals surface area contributed by atoms with Crippen LogP contribution in [0.3, 0.4) is 0 Å². The topological polar surface area (TPSA) is 0 Å².